The molecule has 4 aliphatic rings. The number of hydrogen-bond acceptors (Lipinski definition) is 9. The number of rotatable bonds is 10. The van der Waals surface area contributed by atoms with Crippen LogP contribution in [0.1, 0.15) is 67.1 Å². The highest BCUT2D eigenvalue weighted by Gasteiger charge is 2.37. The second-order valence-corrected chi connectivity index (χ2v) is 20.4. The maximum Gasteiger partial charge on any atom is 0.524 e. The van der Waals surface area contributed by atoms with Crippen LogP contribution in [-0.4, -0.2) is 102 Å². The van der Waals surface area contributed by atoms with Gasteiger partial charge in [-0.2, -0.15) is 0 Å². The first kappa shape index (κ1) is 47.3. The van der Waals surface area contributed by atoms with E-state index in [2.05, 4.69) is 33.7 Å². The van der Waals surface area contributed by atoms with Crippen molar-refractivity contribution >= 4 is 48.1 Å². The van der Waals surface area contributed by atoms with Gasteiger partial charge in [0.05, 0.1) is 30.7 Å². The molecule has 0 spiro atoms. The van der Waals surface area contributed by atoms with Crippen LogP contribution in [0.15, 0.2) is 116 Å². The van der Waals surface area contributed by atoms with Gasteiger partial charge in [0.1, 0.15) is 17.1 Å². The number of fused-ring (bicyclic) bond motifs is 4. The predicted octanol–water partition coefficient (Wildman–Crippen LogP) is 8.59. The Bertz CT molecular complexity index is 3270. The minimum Gasteiger partial charge on any atom is -0.410 e. The molecule has 4 aromatic carbocycles. The Morgan fingerprint density at radius 3 is 2.33 bits per heavy atom. The number of aromatic nitrogens is 3. The number of hydrogen-bond donors (Lipinski definition) is 2. The Kier molecular flexibility index (Phi) is 12.8. The summed E-state index contributed by atoms with van der Waals surface area (Å²) in [5.74, 6) is -0.0519. The number of aryl methyl sites for hydroxylation is 2. The van der Waals surface area contributed by atoms with Gasteiger partial charge in [-0.05, 0) is 128 Å². The molecule has 0 radical (unpaired) electrons. The van der Waals surface area contributed by atoms with E-state index in [0.717, 1.165) is 76.2 Å². The molecule has 0 saturated carbocycles. The fourth-order valence-electron chi connectivity index (χ4n) is 10.8. The summed E-state index contributed by atoms with van der Waals surface area (Å²) in [4.78, 5) is 76.7. The minimum atomic E-state index is -4.85. The van der Waals surface area contributed by atoms with Gasteiger partial charge in [-0.15, -0.1) is 0 Å². The zero-order valence-electron chi connectivity index (χ0n) is 40.3. The first-order chi connectivity index (χ1) is 34.8. The summed E-state index contributed by atoms with van der Waals surface area (Å²) in [6, 6.07) is 31.4. The molecule has 16 nitrogen and oxygen atoms in total. The maximum atomic E-state index is 15.9. The van der Waals surface area contributed by atoms with Crippen LogP contribution < -0.4 is 14.2 Å². The molecule has 0 bridgehead atoms. The van der Waals surface area contributed by atoms with Crippen molar-refractivity contribution < 1.29 is 42.7 Å². The summed E-state index contributed by atoms with van der Waals surface area (Å²) in [6.45, 7) is 7.23. The van der Waals surface area contributed by atoms with Gasteiger partial charge in [0.15, 0.2) is 0 Å². The SMILES string of the molecule is Cc1ccc(OC(=O)N2CCc3cc(-c4cc(C(=O)N(c5ccc(OP(=O)(O)O)cc5)c5cnc6c(ccn6C)c5)c5n4CCCC5)c(C(=O)N4Cc5ccccc5C[C@H]4CN4CCOCC4)cc3C2)cc1. The van der Waals surface area contributed by atoms with E-state index >= 15 is 9.59 Å². The van der Waals surface area contributed by atoms with Gasteiger partial charge in [-0.25, -0.2) is 14.3 Å². The lowest BCUT2D eigenvalue weighted by Gasteiger charge is -2.41. The highest BCUT2D eigenvalue weighted by molar-refractivity contribution is 7.46. The Morgan fingerprint density at radius 1 is 0.792 bits per heavy atom. The van der Waals surface area contributed by atoms with E-state index in [-0.39, 0.29) is 30.2 Å². The number of carbonyl (C=O) groups excluding carboxylic acids is 3. The van der Waals surface area contributed by atoms with E-state index in [1.807, 2.05) is 72.1 Å². The lowest BCUT2D eigenvalue weighted by molar-refractivity contribution is 0.0193. The lowest BCUT2D eigenvalue weighted by atomic mass is 9.89. The maximum absolute atomic E-state index is 15.9. The summed E-state index contributed by atoms with van der Waals surface area (Å²) in [5, 5.41) is 0.820. The van der Waals surface area contributed by atoms with Crippen molar-refractivity contribution in [3.8, 4) is 22.8 Å². The molecule has 0 unspecified atom stereocenters. The van der Waals surface area contributed by atoms with Crippen molar-refractivity contribution in [3.05, 3.63) is 160 Å². The Balaban J connectivity index is 1.02. The molecule has 7 heterocycles. The molecule has 1 saturated heterocycles. The molecule has 11 rings (SSSR count). The number of amides is 3. The van der Waals surface area contributed by atoms with Crippen molar-refractivity contribution in [1.82, 2.24) is 28.8 Å². The second kappa shape index (κ2) is 19.5. The van der Waals surface area contributed by atoms with Crippen LogP contribution in [0.2, 0.25) is 0 Å². The number of phosphoric ester groups is 1. The third-order valence-corrected chi connectivity index (χ3v) is 14.9. The number of carbonyl (C=O) groups is 3. The van der Waals surface area contributed by atoms with E-state index in [4.69, 9.17) is 19.0 Å². The summed E-state index contributed by atoms with van der Waals surface area (Å²) < 4.78 is 32.3. The second-order valence-electron chi connectivity index (χ2n) is 19.2. The fraction of sp³-hybridized carbons (Fsp3) is 0.309. The van der Waals surface area contributed by atoms with Gasteiger partial charge in [0.2, 0.25) is 0 Å². The average molecular weight is 990 g/mol. The Labute approximate surface area is 417 Å². The van der Waals surface area contributed by atoms with Crippen molar-refractivity contribution in [3.63, 3.8) is 0 Å². The van der Waals surface area contributed by atoms with Crippen LogP contribution in [0.4, 0.5) is 16.2 Å². The standard InChI is InChI=1S/C55H56N7O9P/c1-36-10-14-45(15-11-36)70-55(65)59-22-19-38-29-47(48(30-41(38)33-59)53(63)61-34-40-8-4-3-7-37(40)27-44(61)35-58-23-25-69-26-24-58)51-31-49(50-9-5-6-20-60(50)51)54(64)62(42-12-16-46(17-13-42)71-72(66,67)68)43-28-39-18-21-57(2)52(39)56-32-43/h3-4,7-8,10-18,21,28-32,44H,5-6,9,19-20,22-27,33-35H2,1-2H3,(H2,66,67,68)/t44-/m0/s1. The molecule has 0 aliphatic carbocycles. The fourth-order valence-corrected chi connectivity index (χ4v) is 11.2. The van der Waals surface area contributed by atoms with Gasteiger partial charge in [-0.1, -0.05) is 42.0 Å². The largest absolute Gasteiger partial charge is 0.524 e. The van der Waals surface area contributed by atoms with Gasteiger partial charge in [-0.3, -0.25) is 29.2 Å². The molecule has 4 aliphatic heterocycles. The Morgan fingerprint density at radius 2 is 1.56 bits per heavy atom. The van der Waals surface area contributed by atoms with Crippen LogP contribution in [0.3, 0.4) is 0 Å². The number of nitrogens with zero attached hydrogens (tertiary/aromatic N) is 7. The summed E-state index contributed by atoms with van der Waals surface area (Å²) in [6.07, 6.45) is 6.67. The highest BCUT2D eigenvalue weighted by atomic mass is 31.2. The number of ether oxygens (including phenoxy) is 2. The molecule has 72 heavy (non-hydrogen) atoms. The van der Waals surface area contributed by atoms with Gasteiger partial charge >= 0.3 is 13.9 Å². The van der Waals surface area contributed by atoms with E-state index in [1.54, 1.807) is 40.3 Å². The normalized spacial score (nSPS) is 17.0. The quantitative estimate of drug-likeness (QED) is 0.126. The van der Waals surface area contributed by atoms with Crippen molar-refractivity contribution in [2.75, 3.05) is 44.3 Å². The number of anilines is 2. The molecule has 17 heteroatoms. The number of benzene rings is 4. The molecule has 2 N–H and O–H groups in total. The average Bonchev–Trinajstić information content (AvgIpc) is 3.96. The van der Waals surface area contributed by atoms with Crippen LogP contribution in [0.25, 0.3) is 22.3 Å². The molecular weight excluding hydrogens is 934 g/mol. The lowest BCUT2D eigenvalue weighted by Crippen LogP contribution is -2.52. The first-order valence-electron chi connectivity index (χ1n) is 24.5. The molecule has 3 amide bonds. The van der Waals surface area contributed by atoms with Crippen LogP contribution in [0.5, 0.6) is 11.5 Å². The topological polar surface area (TPSA) is 172 Å². The van der Waals surface area contributed by atoms with Gasteiger partial charge in [0, 0.05) is 98.7 Å². The zero-order valence-corrected chi connectivity index (χ0v) is 41.2. The molecule has 3 aromatic heterocycles. The molecular formula is C55H56N7O9P. The van der Waals surface area contributed by atoms with E-state index in [9.17, 15) is 19.1 Å². The third-order valence-electron chi connectivity index (χ3n) is 14.5. The predicted molar refractivity (Wildman–Crippen MR) is 271 cm³/mol. The van der Waals surface area contributed by atoms with Crippen molar-refractivity contribution in [1.29, 1.82) is 0 Å². The van der Waals surface area contributed by atoms with Crippen molar-refractivity contribution in [2.24, 2.45) is 7.05 Å². The Hall–Kier alpha value is -7.07. The molecule has 1 fully saturated rings. The van der Waals surface area contributed by atoms with Gasteiger partial charge in [0.25, 0.3) is 11.8 Å². The number of morpholine rings is 1. The number of pyridine rings is 1. The summed E-state index contributed by atoms with van der Waals surface area (Å²) >= 11 is 0. The van der Waals surface area contributed by atoms with E-state index in [1.165, 1.54) is 17.7 Å². The zero-order chi connectivity index (χ0) is 49.7. The van der Waals surface area contributed by atoms with E-state index in [0.29, 0.717) is 86.9 Å². The monoisotopic (exact) mass is 989 g/mol. The highest BCUT2D eigenvalue weighted by Crippen LogP contribution is 2.42. The summed E-state index contributed by atoms with van der Waals surface area (Å²) in [5.41, 5.74) is 10.2. The third kappa shape index (κ3) is 9.56. The molecule has 7 aromatic rings. The van der Waals surface area contributed by atoms with Crippen LogP contribution in [-0.2, 0) is 55.2 Å². The summed E-state index contributed by atoms with van der Waals surface area (Å²) in [7, 11) is -2.95. The molecule has 1 atom stereocenters. The van der Waals surface area contributed by atoms with Crippen molar-refractivity contribution in [2.45, 2.75) is 64.7 Å². The van der Waals surface area contributed by atoms with Gasteiger partial charge < -0.3 is 32.9 Å². The number of phosphoric acid groups is 1. The minimum absolute atomic E-state index is 0.0556. The van der Waals surface area contributed by atoms with Crippen LogP contribution >= 0.6 is 7.82 Å². The first-order valence-corrected chi connectivity index (χ1v) is 26.1. The van der Waals surface area contributed by atoms with Crippen LogP contribution in [0, 0.1) is 6.92 Å². The molecule has 370 valence electrons. The van der Waals surface area contributed by atoms with E-state index < -0.39 is 13.9 Å². The smallest absolute Gasteiger partial charge is 0.410 e.